The fourth-order valence-electron chi connectivity index (χ4n) is 9.35. The summed E-state index contributed by atoms with van der Waals surface area (Å²) in [5.41, 5.74) is 5.40. The van der Waals surface area contributed by atoms with Crippen molar-refractivity contribution in [3.63, 3.8) is 0 Å². The number of hydrogen-bond acceptors (Lipinski definition) is 8. The summed E-state index contributed by atoms with van der Waals surface area (Å²) in [7, 11) is -4.41. The zero-order chi connectivity index (χ0) is 67.2. The van der Waals surface area contributed by atoms with Crippen LogP contribution in [0, 0.1) is 0 Å². The van der Waals surface area contributed by atoms with Gasteiger partial charge in [-0.25, -0.2) is 4.57 Å². The number of hydrogen-bond donors (Lipinski definition) is 2. The minimum Gasteiger partial charge on any atom is -0.462 e. The number of allylic oxidation sites excluding steroid dienone is 34. The van der Waals surface area contributed by atoms with Gasteiger partial charge >= 0.3 is 19.8 Å². The molecule has 0 fully saturated rings. The number of carbonyl (C=O) groups excluding carboxylic acids is 2. The summed E-state index contributed by atoms with van der Waals surface area (Å²) in [4.78, 5) is 35.4. The molecule has 0 aliphatic carbocycles. The van der Waals surface area contributed by atoms with Crippen molar-refractivity contribution >= 4 is 19.8 Å². The maximum absolute atomic E-state index is 12.8. The Morgan fingerprint density at radius 2 is 0.559 bits per heavy atom. The molecule has 93 heavy (non-hydrogen) atoms. The van der Waals surface area contributed by atoms with E-state index in [2.05, 4.69) is 220 Å². The maximum Gasteiger partial charge on any atom is 0.472 e. The van der Waals surface area contributed by atoms with Gasteiger partial charge in [0.25, 0.3) is 0 Å². The fraction of sp³-hybridized carbons (Fsp3) is 0.566. The number of unbranched alkanes of at least 4 members (excludes halogenated alkanes) is 19. The molecule has 0 heterocycles. The van der Waals surface area contributed by atoms with Crippen LogP contribution in [-0.4, -0.2) is 49.3 Å². The van der Waals surface area contributed by atoms with E-state index in [4.69, 9.17) is 24.3 Å². The van der Waals surface area contributed by atoms with Crippen molar-refractivity contribution in [3.05, 3.63) is 207 Å². The molecular formula is C83H132NO8P. The Hall–Kier alpha value is -5.41. The molecule has 3 N–H and O–H groups in total. The smallest absolute Gasteiger partial charge is 0.462 e. The number of rotatable bonds is 66. The minimum absolute atomic E-state index is 0.0416. The Labute approximate surface area is 569 Å². The maximum atomic E-state index is 12.8. The summed E-state index contributed by atoms with van der Waals surface area (Å²) in [6.45, 7) is 3.49. The Kier molecular flexibility index (Phi) is 71.2. The topological polar surface area (TPSA) is 134 Å². The van der Waals surface area contributed by atoms with Gasteiger partial charge in [-0.3, -0.25) is 18.6 Å². The minimum atomic E-state index is -4.41. The first kappa shape index (κ1) is 87.6. The number of phosphoric ester groups is 1. The van der Waals surface area contributed by atoms with Crippen LogP contribution in [-0.2, 0) is 32.7 Å². The van der Waals surface area contributed by atoms with Crippen LogP contribution in [0.4, 0.5) is 0 Å². The number of phosphoric acid groups is 1. The van der Waals surface area contributed by atoms with Crippen LogP contribution in [0.15, 0.2) is 207 Å². The largest absolute Gasteiger partial charge is 0.472 e. The van der Waals surface area contributed by atoms with E-state index in [0.29, 0.717) is 6.42 Å². The third-order valence-corrected chi connectivity index (χ3v) is 15.6. The van der Waals surface area contributed by atoms with E-state index in [9.17, 15) is 19.0 Å². The lowest BCUT2D eigenvalue weighted by molar-refractivity contribution is -0.161. The highest BCUT2D eigenvalue weighted by Crippen LogP contribution is 2.43. The quantitative estimate of drug-likeness (QED) is 0.0264. The van der Waals surface area contributed by atoms with Gasteiger partial charge in [-0.1, -0.05) is 317 Å². The van der Waals surface area contributed by atoms with Crippen molar-refractivity contribution in [2.45, 2.75) is 277 Å². The normalized spacial score (nSPS) is 14.2. The molecule has 0 aliphatic rings. The molecule has 0 rings (SSSR count). The predicted molar refractivity (Wildman–Crippen MR) is 403 cm³/mol. The summed E-state index contributed by atoms with van der Waals surface area (Å²) >= 11 is 0. The van der Waals surface area contributed by atoms with Crippen molar-refractivity contribution < 1.29 is 37.6 Å². The van der Waals surface area contributed by atoms with E-state index >= 15 is 0 Å². The van der Waals surface area contributed by atoms with Crippen LogP contribution in [0.1, 0.15) is 271 Å². The molecule has 0 aromatic carbocycles. The highest BCUT2D eigenvalue weighted by molar-refractivity contribution is 7.47. The zero-order valence-corrected chi connectivity index (χ0v) is 59.5. The van der Waals surface area contributed by atoms with Gasteiger partial charge in [-0.15, -0.1) is 0 Å². The second kappa shape index (κ2) is 75.6. The highest BCUT2D eigenvalue weighted by atomic mass is 31.2. The van der Waals surface area contributed by atoms with E-state index < -0.39 is 32.5 Å². The monoisotopic (exact) mass is 1300 g/mol. The number of esters is 2. The molecule has 0 amide bonds. The number of nitrogens with two attached hydrogens (primary N) is 1. The average molecular weight is 1300 g/mol. The average Bonchev–Trinajstić information content (AvgIpc) is 3.04. The van der Waals surface area contributed by atoms with E-state index in [1.54, 1.807) is 0 Å². The van der Waals surface area contributed by atoms with Crippen molar-refractivity contribution in [3.8, 4) is 0 Å². The van der Waals surface area contributed by atoms with Crippen LogP contribution in [0.5, 0.6) is 0 Å². The Balaban J connectivity index is 3.99. The first-order chi connectivity index (χ1) is 45.8. The summed E-state index contributed by atoms with van der Waals surface area (Å²) in [5.74, 6) is -0.851. The van der Waals surface area contributed by atoms with Gasteiger partial charge in [0.1, 0.15) is 6.61 Å². The first-order valence-corrected chi connectivity index (χ1v) is 38.1. The Morgan fingerprint density at radius 1 is 0.323 bits per heavy atom. The van der Waals surface area contributed by atoms with Crippen LogP contribution < -0.4 is 5.73 Å². The van der Waals surface area contributed by atoms with Crippen LogP contribution in [0.3, 0.4) is 0 Å². The molecule has 0 aliphatic heterocycles. The molecule has 9 nitrogen and oxygen atoms in total. The van der Waals surface area contributed by atoms with Crippen LogP contribution >= 0.6 is 7.82 Å². The molecule has 10 heteroatoms. The molecule has 522 valence electrons. The molecule has 0 radical (unpaired) electrons. The van der Waals surface area contributed by atoms with Crippen molar-refractivity contribution in [2.24, 2.45) is 5.73 Å². The molecule has 0 saturated heterocycles. The molecule has 0 aromatic rings. The SMILES string of the molecule is CC/C=C\C/C=C\C/C=C\C/C=C\C/C=C\C/C=C\C/C=C\C/C=C\C/C=C\CCCCCCCCCCCC(=O)OC(COC(=O)CCCCCCCCCCCC/C=C\C/C=C\C/C=C\C/C=C\C/C=C\C/C=C\C/C=C\C/C=C\CC)COP(=O)(O)OCCN. The van der Waals surface area contributed by atoms with Gasteiger partial charge in [0.2, 0.25) is 0 Å². The van der Waals surface area contributed by atoms with Gasteiger partial charge in [-0.2, -0.15) is 0 Å². The number of ether oxygens (including phenoxy) is 2. The molecule has 0 bridgehead atoms. The predicted octanol–water partition coefficient (Wildman–Crippen LogP) is 24.6. The third kappa shape index (κ3) is 75.5. The van der Waals surface area contributed by atoms with E-state index in [0.717, 1.165) is 167 Å². The summed E-state index contributed by atoms with van der Waals surface area (Å²) in [6.07, 6.45) is 116. The van der Waals surface area contributed by atoms with Gasteiger partial charge in [-0.05, 0) is 148 Å². The van der Waals surface area contributed by atoms with Crippen molar-refractivity contribution in [1.29, 1.82) is 0 Å². The van der Waals surface area contributed by atoms with Gasteiger partial charge < -0.3 is 20.1 Å². The first-order valence-electron chi connectivity index (χ1n) is 36.6. The third-order valence-electron chi connectivity index (χ3n) is 14.7. The molecular weight excluding hydrogens is 1170 g/mol. The highest BCUT2D eigenvalue weighted by Gasteiger charge is 2.26. The molecule has 2 unspecified atom stereocenters. The van der Waals surface area contributed by atoms with Crippen LogP contribution in [0.25, 0.3) is 0 Å². The second-order valence-electron chi connectivity index (χ2n) is 23.3. The molecule has 0 saturated carbocycles. The van der Waals surface area contributed by atoms with E-state index in [1.165, 1.54) is 70.6 Å². The van der Waals surface area contributed by atoms with Gasteiger partial charge in [0.05, 0.1) is 13.2 Å². The van der Waals surface area contributed by atoms with E-state index in [-0.39, 0.29) is 32.6 Å². The second-order valence-corrected chi connectivity index (χ2v) is 24.8. The lowest BCUT2D eigenvalue weighted by atomic mass is 10.1. The zero-order valence-electron chi connectivity index (χ0n) is 58.6. The molecule has 0 aromatic heterocycles. The van der Waals surface area contributed by atoms with Crippen LogP contribution in [0.2, 0.25) is 0 Å². The Bertz CT molecular complexity index is 2280. The summed E-state index contributed by atoms with van der Waals surface area (Å²) in [5, 5.41) is 0. The lowest BCUT2D eigenvalue weighted by Gasteiger charge is -2.19. The lowest BCUT2D eigenvalue weighted by Crippen LogP contribution is -2.29. The summed E-state index contributed by atoms with van der Waals surface area (Å²) in [6, 6.07) is 0. The van der Waals surface area contributed by atoms with Crippen molar-refractivity contribution in [2.75, 3.05) is 26.4 Å². The summed E-state index contributed by atoms with van der Waals surface area (Å²) < 4.78 is 33.2. The number of carbonyl (C=O) groups is 2. The van der Waals surface area contributed by atoms with Gasteiger partial charge in [0, 0.05) is 19.4 Å². The molecule has 2 atom stereocenters. The van der Waals surface area contributed by atoms with E-state index in [1.807, 2.05) is 0 Å². The standard InChI is InChI=1S/C83H132NO8P/c1-3-5-7-9-11-13-15-17-19-21-23-25-27-29-31-33-35-37-39-40-42-44-46-48-50-52-54-56-58-60-62-64-66-68-70-72-74-76-83(86)92-81(80-91-93(87,88)90-78-77-84)79-89-82(85)75-73-71-69-67-65-63-61-59-57-55-53-51-49-47-45-43-41-38-36-34-32-30-28-26-24-22-20-18-16-14-12-10-8-6-4-2/h5-8,11-14,17-20,23-26,29-32,35-38,40,42-43,45-46,48-49,51-52,54,81H,3-4,9-10,15-16,21-22,27-28,33-34,39,41,44,47,50,53,55-80,84H2,1-2H3,(H,87,88)/b7-5-,8-6-,13-11-,14-12-,19-17-,20-18-,25-23-,26-24-,31-29-,32-30-,37-35-,38-36-,42-40-,45-43-,48-46-,51-49-,54-52-. The fourth-order valence-corrected chi connectivity index (χ4v) is 10.1. The Morgan fingerprint density at radius 3 is 0.828 bits per heavy atom. The van der Waals surface area contributed by atoms with Gasteiger partial charge in [0.15, 0.2) is 6.10 Å². The molecule has 0 spiro atoms. The van der Waals surface area contributed by atoms with Crippen molar-refractivity contribution in [1.82, 2.24) is 0 Å².